The molecule has 1 atom stereocenters. The molecule has 0 spiro atoms. The van der Waals surface area contributed by atoms with Crippen LogP contribution in [0.25, 0.3) is 21.9 Å². The van der Waals surface area contributed by atoms with Crippen molar-refractivity contribution in [3.05, 3.63) is 71.8 Å². The van der Waals surface area contributed by atoms with E-state index in [1.54, 1.807) is 6.92 Å². The first-order chi connectivity index (χ1) is 13.0. The van der Waals surface area contributed by atoms with Gasteiger partial charge >= 0.3 is 0 Å². The second-order valence-electron chi connectivity index (χ2n) is 6.83. The van der Waals surface area contributed by atoms with Crippen molar-refractivity contribution in [2.24, 2.45) is 0 Å². The molecule has 0 saturated carbocycles. The van der Waals surface area contributed by atoms with Crippen LogP contribution in [0.5, 0.6) is 5.75 Å². The first kappa shape index (κ1) is 17.2. The molecule has 4 aromatic rings. The van der Waals surface area contributed by atoms with Gasteiger partial charge in [0.15, 0.2) is 6.10 Å². The van der Waals surface area contributed by atoms with Crippen molar-refractivity contribution in [2.45, 2.75) is 26.9 Å². The van der Waals surface area contributed by atoms with Gasteiger partial charge in [-0.2, -0.15) is 0 Å². The third-order valence-corrected chi connectivity index (χ3v) is 4.66. The number of ether oxygens (including phenoxy) is 1. The fourth-order valence-corrected chi connectivity index (χ4v) is 3.13. The molecule has 1 N–H and O–H groups in total. The van der Waals surface area contributed by atoms with E-state index in [1.807, 2.05) is 74.5 Å². The van der Waals surface area contributed by atoms with Crippen molar-refractivity contribution in [1.29, 1.82) is 0 Å². The molecule has 4 rings (SSSR count). The summed E-state index contributed by atoms with van der Waals surface area (Å²) in [5, 5.41) is 5.01. The number of furan rings is 1. The highest BCUT2D eigenvalue weighted by Gasteiger charge is 2.17. The maximum atomic E-state index is 12.6. The molecule has 0 radical (unpaired) electrons. The van der Waals surface area contributed by atoms with Gasteiger partial charge < -0.3 is 14.5 Å². The lowest BCUT2D eigenvalue weighted by atomic mass is 10.1. The summed E-state index contributed by atoms with van der Waals surface area (Å²) in [4.78, 5) is 12.6. The highest BCUT2D eigenvalue weighted by atomic mass is 16.5. The molecule has 1 unspecified atom stereocenters. The molecule has 0 aliphatic heterocycles. The molecule has 0 bridgehead atoms. The van der Waals surface area contributed by atoms with E-state index >= 15 is 0 Å². The normalized spacial score (nSPS) is 12.3. The molecule has 3 aromatic carbocycles. The van der Waals surface area contributed by atoms with Crippen LogP contribution in [0.1, 0.15) is 18.1 Å². The Morgan fingerprint density at radius 3 is 2.59 bits per heavy atom. The van der Waals surface area contributed by atoms with Crippen LogP contribution in [0.2, 0.25) is 0 Å². The molecular formula is C23H21NO3. The number of carbonyl (C=O) groups is 1. The van der Waals surface area contributed by atoms with Crippen LogP contribution < -0.4 is 10.1 Å². The van der Waals surface area contributed by atoms with E-state index in [-0.39, 0.29) is 5.91 Å². The van der Waals surface area contributed by atoms with E-state index in [2.05, 4.69) is 5.32 Å². The Kier molecular flexibility index (Phi) is 4.32. The molecule has 4 heteroatoms. The van der Waals surface area contributed by atoms with Crippen molar-refractivity contribution in [1.82, 2.24) is 0 Å². The topological polar surface area (TPSA) is 51.5 Å². The molecule has 0 saturated heterocycles. The fourth-order valence-electron chi connectivity index (χ4n) is 3.13. The molecule has 136 valence electrons. The Bertz CT molecular complexity index is 1140. The molecule has 1 aromatic heterocycles. The first-order valence-corrected chi connectivity index (χ1v) is 8.97. The number of amides is 1. The van der Waals surface area contributed by atoms with Gasteiger partial charge in [0, 0.05) is 22.5 Å². The average molecular weight is 359 g/mol. The number of para-hydroxylation sites is 1. The fraction of sp³-hybridized carbons (Fsp3) is 0.174. The van der Waals surface area contributed by atoms with Gasteiger partial charge in [-0.05, 0) is 56.2 Å². The Morgan fingerprint density at radius 2 is 1.74 bits per heavy atom. The van der Waals surface area contributed by atoms with Gasteiger partial charge in [0.2, 0.25) is 0 Å². The van der Waals surface area contributed by atoms with Crippen molar-refractivity contribution in [3.8, 4) is 5.75 Å². The molecule has 0 fully saturated rings. The zero-order valence-corrected chi connectivity index (χ0v) is 15.6. The molecular weight excluding hydrogens is 338 g/mol. The number of carbonyl (C=O) groups excluding carboxylic acids is 1. The van der Waals surface area contributed by atoms with Gasteiger partial charge in [0.05, 0.1) is 0 Å². The number of benzene rings is 3. The predicted octanol–water partition coefficient (Wildman–Crippen LogP) is 5.61. The number of aryl methyl sites for hydroxylation is 2. The van der Waals surface area contributed by atoms with E-state index in [0.29, 0.717) is 5.69 Å². The molecule has 4 nitrogen and oxygen atoms in total. The van der Waals surface area contributed by atoms with Crippen LogP contribution in [-0.4, -0.2) is 12.0 Å². The summed E-state index contributed by atoms with van der Waals surface area (Å²) in [6, 6.07) is 19.5. The third-order valence-electron chi connectivity index (χ3n) is 4.66. The van der Waals surface area contributed by atoms with Gasteiger partial charge in [-0.25, -0.2) is 0 Å². The summed E-state index contributed by atoms with van der Waals surface area (Å²) in [7, 11) is 0. The van der Waals surface area contributed by atoms with E-state index in [4.69, 9.17) is 9.15 Å². The maximum Gasteiger partial charge on any atom is 0.265 e. The highest BCUT2D eigenvalue weighted by Crippen LogP contribution is 2.30. The van der Waals surface area contributed by atoms with E-state index in [0.717, 1.165) is 38.8 Å². The second-order valence-corrected chi connectivity index (χ2v) is 6.83. The van der Waals surface area contributed by atoms with Crippen molar-refractivity contribution >= 4 is 33.5 Å². The van der Waals surface area contributed by atoms with Gasteiger partial charge in [-0.3, -0.25) is 4.79 Å². The zero-order valence-electron chi connectivity index (χ0n) is 15.6. The molecule has 1 heterocycles. The van der Waals surface area contributed by atoms with Crippen molar-refractivity contribution in [2.75, 3.05) is 5.32 Å². The molecule has 0 aliphatic rings. The lowest BCUT2D eigenvalue weighted by Crippen LogP contribution is -2.30. The van der Waals surface area contributed by atoms with E-state index in [1.165, 1.54) is 0 Å². The Hall–Kier alpha value is -3.27. The summed E-state index contributed by atoms with van der Waals surface area (Å²) < 4.78 is 11.7. The highest BCUT2D eigenvalue weighted by molar-refractivity contribution is 6.06. The number of hydrogen-bond acceptors (Lipinski definition) is 3. The molecule has 27 heavy (non-hydrogen) atoms. The van der Waals surface area contributed by atoms with Gasteiger partial charge in [0.1, 0.15) is 16.9 Å². The number of hydrogen-bond donors (Lipinski definition) is 1. The summed E-state index contributed by atoms with van der Waals surface area (Å²) in [5.41, 5.74) is 4.37. The largest absolute Gasteiger partial charge is 0.481 e. The number of anilines is 1. The van der Waals surface area contributed by atoms with Gasteiger partial charge in [-0.1, -0.05) is 30.3 Å². The summed E-state index contributed by atoms with van der Waals surface area (Å²) >= 11 is 0. The summed E-state index contributed by atoms with van der Waals surface area (Å²) in [5.74, 6) is 0.525. The lowest BCUT2D eigenvalue weighted by molar-refractivity contribution is -0.122. The molecule has 1 amide bonds. The minimum absolute atomic E-state index is 0.202. The lowest BCUT2D eigenvalue weighted by Gasteiger charge is -2.16. The van der Waals surface area contributed by atoms with Crippen molar-refractivity contribution in [3.63, 3.8) is 0 Å². The SMILES string of the molecule is Cc1ccc(C)c(OC(C)C(=O)Nc2ccc3c(c2)oc2ccccc23)c1. The monoisotopic (exact) mass is 359 g/mol. The van der Waals surface area contributed by atoms with Crippen molar-refractivity contribution < 1.29 is 13.9 Å². The van der Waals surface area contributed by atoms with E-state index < -0.39 is 6.10 Å². The quantitative estimate of drug-likeness (QED) is 0.515. The minimum atomic E-state index is -0.614. The Labute approximate surface area is 157 Å². The number of rotatable bonds is 4. The third kappa shape index (κ3) is 3.38. The zero-order chi connectivity index (χ0) is 19.0. The van der Waals surface area contributed by atoms with Crippen LogP contribution in [0.3, 0.4) is 0 Å². The predicted molar refractivity (Wildman–Crippen MR) is 108 cm³/mol. The van der Waals surface area contributed by atoms with Crippen LogP contribution >= 0.6 is 0 Å². The van der Waals surface area contributed by atoms with Crippen LogP contribution in [-0.2, 0) is 4.79 Å². The van der Waals surface area contributed by atoms with E-state index in [9.17, 15) is 4.79 Å². The molecule has 0 aliphatic carbocycles. The Morgan fingerprint density at radius 1 is 0.963 bits per heavy atom. The van der Waals surface area contributed by atoms with Gasteiger partial charge in [0.25, 0.3) is 5.91 Å². The summed E-state index contributed by atoms with van der Waals surface area (Å²) in [6.07, 6.45) is -0.614. The summed E-state index contributed by atoms with van der Waals surface area (Å²) in [6.45, 7) is 5.71. The second kappa shape index (κ2) is 6.80. The smallest absolute Gasteiger partial charge is 0.265 e. The maximum absolute atomic E-state index is 12.6. The minimum Gasteiger partial charge on any atom is -0.481 e. The first-order valence-electron chi connectivity index (χ1n) is 8.97. The average Bonchev–Trinajstić information content (AvgIpc) is 3.02. The van der Waals surface area contributed by atoms with Crippen LogP contribution in [0, 0.1) is 13.8 Å². The Balaban J connectivity index is 1.53. The number of fused-ring (bicyclic) bond motifs is 3. The number of nitrogens with one attached hydrogen (secondary N) is 1. The van der Waals surface area contributed by atoms with Crippen LogP contribution in [0.4, 0.5) is 5.69 Å². The van der Waals surface area contributed by atoms with Crippen LogP contribution in [0.15, 0.2) is 65.1 Å². The standard InChI is InChI=1S/C23H21NO3/c1-14-8-9-15(2)21(12-14)26-16(3)23(25)24-17-10-11-19-18-6-4-5-7-20(18)27-22(19)13-17/h4-13,16H,1-3H3,(H,24,25). The van der Waals surface area contributed by atoms with Gasteiger partial charge in [-0.15, -0.1) is 0 Å².